The van der Waals surface area contributed by atoms with Gasteiger partial charge in [0.1, 0.15) is 19.6 Å². The summed E-state index contributed by atoms with van der Waals surface area (Å²) in [7, 11) is 0. The van der Waals surface area contributed by atoms with E-state index in [0.29, 0.717) is 0 Å². The van der Waals surface area contributed by atoms with Gasteiger partial charge in [0.15, 0.2) is 0 Å². The van der Waals surface area contributed by atoms with Crippen LogP contribution in [-0.4, -0.2) is 11.9 Å². The third kappa shape index (κ3) is 4.84. The quantitative estimate of drug-likeness (QED) is 0.607. The zero-order valence-corrected chi connectivity index (χ0v) is 11.7. The molecule has 0 aliphatic heterocycles. The normalized spacial score (nSPS) is 10.1. The van der Waals surface area contributed by atoms with Crippen LogP contribution in [0, 0.1) is 0 Å². The lowest BCUT2D eigenvalue weighted by Gasteiger charge is -2.04. The molecule has 2 aromatic rings. The van der Waals surface area contributed by atoms with Crippen molar-refractivity contribution in [2.45, 2.75) is 19.6 Å². The van der Waals surface area contributed by atoms with Crippen molar-refractivity contribution in [3.05, 3.63) is 44.8 Å². The van der Waals surface area contributed by atoms with Crippen LogP contribution in [0.2, 0.25) is 0 Å². The van der Waals surface area contributed by atoms with Crippen LogP contribution in [0.25, 0.3) is 0 Å². The molecule has 0 aromatic carbocycles. The lowest BCUT2D eigenvalue weighted by Crippen LogP contribution is -2.13. The maximum absolute atomic E-state index is 11.4. The summed E-state index contributed by atoms with van der Waals surface area (Å²) < 4.78 is 9.93. The summed E-state index contributed by atoms with van der Waals surface area (Å²) in [6.45, 7) is 0.389. The van der Waals surface area contributed by atoms with Gasteiger partial charge in [-0.25, -0.2) is 0 Å². The number of rotatable bonds is 6. The maximum Gasteiger partial charge on any atom is 0.317 e. The fourth-order valence-electron chi connectivity index (χ4n) is 1.30. The van der Waals surface area contributed by atoms with Gasteiger partial charge in [0.25, 0.3) is 0 Å². The monoisotopic (exact) mass is 296 g/mol. The van der Waals surface area contributed by atoms with E-state index in [1.165, 1.54) is 22.7 Å². The van der Waals surface area contributed by atoms with Crippen LogP contribution >= 0.6 is 22.7 Å². The first-order valence-electron chi connectivity index (χ1n) is 5.57. The smallest absolute Gasteiger partial charge is 0.317 e. The Balaban J connectivity index is 1.65. The molecule has 0 fully saturated rings. The molecule has 0 N–H and O–H groups in total. The summed E-state index contributed by atoms with van der Waals surface area (Å²) in [4.78, 5) is 22.8. The third-order valence-electron chi connectivity index (χ3n) is 2.25. The van der Waals surface area contributed by atoms with Gasteiger partial charge in [0.2, 0.25) is 0 Å². The standard InChI is InChI=1S/C13H12O4S2/c14-12(16-6-10-1-3-18-8-10)5-13(15)17-7-11-2-4-19-9-11/h1-4,8-9H,5-7H2. The molecule has 0 aliphatic carbocycles. The topological polar surface area (TPSA) is 52.6 Å². The molecular weight excluding hydrogens is 284 g/mol. The molecule has 19 heavy (non-hydrogen) atoms. The van der Waals surface area contributed by atoms with Crippen molar-refractivity contribution in [3.8, 4) is 0 Å². The highest BCUT2D eigenvalue weighted by molar-refractivity contribution is 7.08. The summed E-state index contributed by atoms with van der Waals surface area (Å²) in [5.41, 5.74) is 1.84. The minimum Gasteiger partial charge on any atom is -0.460 e. The van der Waals surface area contributed by atoms with Crippen molar-refractivity contribution in [1.82, 2.24) is 0 Å². The van der Waals surface area contributed by atoms with Crippen molar-refractivity contribution in [1.29, 1.82) is 0 Å². The Labute approximate surface area is 118 Å². The van der Waals surface area contributed by atoms with Crippen molar-refractivity contribution in [2.75, 3.05) is 0 Å². The minimum atomic E-state index is -0.568. The van der Waals surface area contributed by atoms with Crippen molar-refractivity contribution < 1.29 is 19.1 Å². The highest BCUT2D eigenvalue weighted by atomic mass is 32.1. The fraction of sp³-hybridized carbons (Fsp3) is 0.231. The second-order valence-electron chi connectivity index (χ2n) is 3.76. The van der Waals surface area contributed by atoms with Gasteiger partial charge in [-0.05, 0) is 33.7 Å². The largest absolute Gasteiger partial charge is 0.460 e. The molecule has 0 atom stereocenters. The summed E-state index contributed by atoms with van der Waals surface area (Å²) in [6, 6.07) is 3.74. The van der Waals surface area contributed by atoms with Crippen molar-refractivity contribution in [3.63, 3.8) is 0 Å². The van der Waals surface area contributed by atoms with E-state index in [1.807, 2.05) is 33.7 Å². The van der Waals surface area contributed by atoms with Crippen LogP contribution in [0.3, 0.4) is 0 Å². The first kappa shape index (κ1) is 13.8. The van der Waals surface area contributed by atoms with E-state index in [9.17, 15) is 9.59 Å². The minimum absolute atomic E-state index is 0.195. The molecule has 2 heterocycles. The van der Waals surface area contributed by atoms with Crippen LogP contribution in [0.15, 0.2) is 33.7 Å². The molecule has 2 aromatic heterocycles. The Hall–Kier alpha value is -1.66. The molecular formula is C13H12O4S2. The first-order valence-corrected chi connectivity index (χ1v) is 7.46. The number of carbonyl (C=O) groups is 2. The van der Waals surface area contributed by atoms with E-state index in [-0.39, 0.29) is 19.6 Å². The highest BCUT2D eigenvalue weighted by Crippen LogP contribution is 2.09. The summed E-state index contributed by atoms with van der Waals surface area (Å²) >= 11 is 3.06. The van der Waals surface area contributed by atoms with E-state index >= 15 is 0 Å². The first-order chi connectivity index (χ1) is 9.24. The number of ether oxygens (including phenoxy) is 2. The molecule has 0 saturated carbocycles. The van der Waals surface area contributed by atoms with E-state index in [4.69, 9.17) is 9.47 Å². The molecule has 0 amide bonds. The molecule has 0 radical (unpaired) electrons. The van der Waals surface area contributed by atoms with Crippen LogP contribution in [-0.2, 0) is 32.3 Å². The van der Waals surface area contributed by atoms with Gasteiger partial charge in [0, 0.05) is 11.1 Å². The summed E-state index contributed by atoms with van der Waals surface area (Å²) in [6.07, 6.45) is -0.353. The lowest BCUT2D eigenvalue weighted by atomic mass is 10.3. The average Bonchev–Trinajstić information content (AvgIpc) is 3.07. The number of carbonyl (C=O) groups excluding carboxylic acids is 2. The molecule has 100 valence electrons. The van der Waals surface area contributed by atoms with Crippen LogP contribution in [0.4, 0.5) is 0 Å². The fourth-order valence-corrected chi connectivity index (χ4v) is 2.60. The lowest BCUT2D eigenvalue weighted by molar-refractivity contribution is -0.156. The maximum atomic E-state index is 11.4. The molecule has 6 heteroatoms. The zero-order chi connectivity index (χ0) is 13.5. The van der Waals surface area contributed by atoms with Crippen LogP contribution < -0.4 is 0 Å². The van der Waals surface area contributed by atoms with Crippen LogP contribution in [0.1, 0.15) is 17.5 Å². The van der Waals surface area contributed by atoms with Gasteiger partial charge in [0.05, 0.1) is 0 Å². The van der Waals surface area contributed by atoms with E-state index in [1.54, 1.807) is 0 Å². The number of hydrogen-bond donors (Lipinski definition) is 0. The van der Waals surface area contributed by atoms with Gasteiger partial charge >= 0.3 is 11.9 Å². The molecule has 4 nitrogen and oxygen atoms in total. The number of thiophene rings is 2. The summed E-state index contributed by atoms with van der Waals surface area (Å²) in [5.74, 6) is -1.14. The van der Waals surface area contributed by atoms with Gasteiger partial charge < -0.3 is 9.47 Å². The van der Waals surface area contributed by atoms with Crippen LogP contribution in [0.5, 0.6) is 0 Å². The zero-order valence-electron chi connectivity index (χ0n) is 10.0. The molecule has 0 aliphatic rings. The van der Waals surface area contributed by atoms with Gasteiger partial charge in [-0.15, -0.1) is 0 Å². The molecule has 0 unspecified atom stereocenters. The second kappa shape index (κ2) is 7.06. The summed E-state index contributed by atoms with van der Waals surface area (Å²) in [5, 5.41) is 7.58. The molecule has 2 rings (SSSR count). The Kier molecular flexibility index (Phi) is 5.11. The molecule has 0 bridgehead atoms. The Morgan fingerprint density at radius 2 is 1.37 bits per heavy atom. The number of esters is 2. The Bertz CT molecular complexity index is 469. The predicted molar refractivity (Wildman–Crippen MR) is 72.8 cm³/mol. The number of hydrogen-bond acceptors (Lipinski definition) is 6. The average molecular weight is 296 g/mol. The van der Waals surface area contributed by atoms with Gasteiger partial charge in [-0.1, -0.05) is 0 Å². The van der Waals surface area contributed by atoms with E-state index in [0.717, 1.165) is 11.1 Å². The molecule has 0 saturated heterocycles. The van der Waals surface area contributed by atoms with Crippen molar-refractivity contribution >= 4 is 34.6 Å². The molecule has 0 spiro atoms. The third-order valence-corrected chi connectivity index (χ3v) is 3.71. The Morgan fingerprint density at radius 1 is 0.895 bits per heavy atom. The SMILES string of the molecule is O=C(CC(=O)OCc1ccsc1)OCc1ccsc1. The van der Waals surface area contributed by atoms with Gasteiger partial charge in [-0.2, -0.15) is 22.7 Å². The highest BCUT2D eigenvalue weighted by Gasteiger charge is 2.12. The predicted octanol–water partition coefficient (Wildman–Crippen LogP) is 2.99. The van der Waals surface area contributed by atoms with Crippen molar-refractivity contribution in [2.24, 2.45) is 0 Å². The second-order valence-corrected chi connectivity index (χ2v) is 5.32. The van der Waals surface area contributed by atoms with E-state index < -0.39 is 11.9 Å². The van der Waals surface area contributed by atoms with Gasteiger partial charge in [-0.3, -0.25) is 9.59 Å². The Morgan fingerprint density at radius 3 is 1.74 bits per heavy atom. The van der Waals surface area contributed by atoms with E-state index in [2.05, 4.69) is 0 Å².